The van der Waals surface area contributed by atoms with Crippen LogP contribution in [0.15, 0.2) is 11.6 Å². The fourth-order valence-corrected chi connectivity index (χ4v) is 2.70. The number of nitrogens with one attached hydrogen (secondary N) is 1. The summed E-state index contributed by atoms with van der Waals surface area (Å²) in [4.78, 5) is 5.18. The number of hydrogen-bond donors (Lipinski definition) is 1. The van der Waals surface area contributed by atoms with Gasteiger partial charge in [0.25, 0.3) is 0 Å². The topological polar surface area (TPSA) is 18.5 Å². The summed E-state index contributed by atoms with van der Waals surface area (Å²) >= 11 is 0. The fraction of sp³-hybridized carbons (Fsp3) is 0.857. The Labute approximate surface area is 106 Å². The van der Waals surface area contributed by atoms with E-state index >= 15 is 0 Å². The first-order valence-corrected chi connectivity index (χ1v) is 7.11. The van der Waals surface area contributed by atoms with Crippen molar-refractivity contribution in [3.63, 3.8) is 0 Å². The zero-order valence-electron chi connectivity index (χ0n) is 11.4. The minimum Gasteiger partial charge on any atom is -0.314 e. The first-order valence-electron chi connectivity index (χ1n) is 7.11. The van der Waals surface area contributed by atoms with Crippen LogP contribution in [0.5, 0.6) is 0 Å². The fourth-order valence-electron chi connectivity index (χ4n) is 2.70. The van der Waals surface area contributed by atoms with Crippen LogP contribution in [0.2, 0.25) is 0 Å². The van der Waals surface area contributed by atoms with Gasteiger partial charge in [0.2, 0.25) is 0 Å². The monoisotopic (exact) mass is 237 g/mol. The van der Waals surface area contributed by atoms with Crippen LogP contribution in [0.25, 0.3) is 0 Å². The Morgan fingerprint density at radius 2 is 2.00 bits per heavy atom. The summed E-state index contributed by atoms with van der Waals surface area (Å²) in [6, 6.07) is 0.692. The van der Waals surface area contributed by atoms with Crippen molar-refractivity contribution in [3.8, 4) is 0 Å². The van der Waals surface area contributed by atoms with Crippen LogP contribution in [-0.2, 0) is 0 Å². The van der Waals surface area contributed by atoms with Gasteiger partial charge < -0.3 is 10.2 Å². The van der Waals surface area contributed by atoms with Gasteiger partial charge in [-0.1, -0.05) is 11.6 Å². The first kappa shape index (κ1) is 13.1. The molecule has 2 heterocycles. The molecule has 3 nitrogen and oxygen atoms in total. The van der Waals surface area contributed by atoms with Gasteiger partial charge in [-0.25, -0.2) is 0 Å². The van der Waals surface area contributed by atoms with Gasteiger partial charge in [0.1, 0.15) is 0 Å². The second-order valence-electron chi connectivity index (χ2n) is 5.56. The molecule has 0 aromatic rings. The molecule has 2 aliphatic heterocycles. The van der Waals surface area contributed by atoms with Gasteiger partial charge in [0.15, 0.2) is 0 Å². The summed E-state index contributed by atoms with van der Waals surface area (Å²) in [7, 11) is 0. The van der Waals surface area contributed by atoms with Crippen molar-refractivity contribution < 1.29 is 0 Å². The maximum absolute atomic E-state index is 3.41. The normalized spacial score (nSPS) is 24.1. The van der Waals surface area contributed by atoms with Crippen molar-refractivity contribution in [1.29, 1.82) is 0 Å². The van der Waals surface area contributed by atoms with Crippen LogP contribution < -0.4 is 5.32 Å². The molecule has 2 rings (SSSR count). The lowest BCUT2D eigenvalue weighted by atomic mass is 10.0. The minimum atomic E-state index is 0.692. The first-order chi connectivity index (χ1) is 8.25. The molecule has 0 spiro atoms. The number of hydrogen-bond acceptors (Lipinski definition) is 3. The van der Waals surface area contributed by atoms with E-state index in [-0.39, 0.29) is 0 Å². The minimum absolute atomic E-state index is 0.692. The summed E-state index contributed by atoms with van der Waals surface area (Å²) < 4.78 is 0. The highest BCUT2D eigenvalue weighted by Crippen LogP contribution is 2.15. The Kier molecular flexibility index (Phi) is 5.01. The smallest absolute Gasteiger partial charge is 0.0196 e. The molecule has 0 atom stereocenters. The molecule has 2 aliphatic rings. The maximum atomic E-state index is 3.41. The van der Waals surface area contributed by atoms with E-state index in [0.29, 0.717) is 6.04 Å². The Hall–Kier alpha value is -0.380. The molecule has 0 radical (unpaired) electrons. The van der Waals surface area contributed by atoms with Crippen LogP contribution in [0.3, 0.4) is 0 Å². The van der Waals surface area contributed by atoms with Gasteiger partial charge in [-0.05, 0) is 26.7 Å². The molecule has 1 N–H and O–H groups in total. The van der Waals surface area contributed by atoms with E-state index in [1.807, 2.05) is 0 Å². The quantitative estimate of drug-likeness (QED) is 0.744. The zero-order chi connectivity index (χ0) is 12.1. The SMILES string of the molecule is CC(C)N1CCC=C(CCN2CCNCC2)C1. The van der Waals surface area contributed by atoms with Gasteiger partial charge in [-0.3, -0.25) is 4.90 Å². The number of nitrogens with zero attached hydrogens (tertiary/aromatic N) is 2. The summed E-state index contributed by atoms with van der Waals surface area (Å²) in [5, 5.41) is 3.41. The molecule has 3 heteroatoms. The lowest BCUT2D eigenvalue weighted by molar-refractivity contribution is 0.219. The van der Waals surface area contributed by atoms with Crippen LogP contribution in [0, 0.1) is 0 Å². The van der Waals surface area contributed by atoms with Crippen molar-refractivity contribution in [2.45, 2.75) is 32.7 Å². The third-order valence-electron chi connectivity index (χ3n) is 3.94. The second-order valence-corrected chi connectivity index (χ2v) is 5.56. The van der Waals surface area contributed by atoms with E-state index < -0.39 is 0 Å². The lowest BCUT2D eigenvalue weighted by Crippen LogP contribution is -2.44. The van der Waals surface area contributed by atoms with Crippen molar-refractivity contribution in [3.05, 3.63) is 11.6 Å². The van der Waals surface area contributed by atoms with Crippen molar-refractivity contribution in [1.82, 2.24) is 15.1 Å². The Balaban J connectivity index is 1.73. The zero-order valence-corrected chi connectivity index (χ0v) is 11.4. The average molecular weight is 237 g/mol. The van der Waals surface area contributed by atoms with E-state index in [9.17, 15) is 0 Å². The van der Waals surface area contributed by atoms with E-state index in [1.54, 1.807) is 5.57 Å². The molecule has 1 fully saturated rings. The molecular weight excluding hydrogens is 210 g/mol. The predicted octanol–water partition coefficient (Wildman–Crippen LogP) is 1.32. The molecule has 0 amide bonds. The molecule has 0 bridgehead atoms. The molecule has 0 aromatic heterocycles. The second kappa shape index (κ2) is 6.53. The average Bonchev–Trinajstić information content (AvgIpc) is 2.38. The van der Waals surface area contributed by atoms with Gasteiger partial charge in [-0.15, -0.1) is 0 Å². The summed E-state index contributed by atoms with van der Waals surface area (Å²) in [6.45, 7) is 13.1. The maximum Gasteiger partial charge on any atom is 0.0196 e. The Morgan fingerprint density at radius 1 is 1.24 bits per heavy atom. The predicted molar refractivity (Wildman–Crippen MR) is 73.3 cm³/mol. The summed E-state index contributed by atoms with van der Waals surface area (Å²) in [5.41, 5.74) is 1.66. The van der Waals surface area contributed by atoms with E-state index in [2.05, 4.69) is 35.0 Å². The summed E-state index contributed by atoms with van der Waals surface area (Å²) in [6.07, 6.45) is 4.99. The van der Waals surface area contributed by atoms with Gasteiger partial charge in [-0.2, -0.15) is 0 Å². The van der Waals surface area contributed by atoms with Gasteiger partial charge in [0, 0.05) is 51.9 Å². The molecular formula is C14H27N3. The Morgan fingerprint density at radius 3 is 2.71 bits per heavy atom. The van der Waals surface area contributed by atoms with Crippen LogP contribution >= 0.6 is 0 Å². The number of piperazine rings is 1. The standard InChI is InChI=1S/C14H27N3/c1-13(2)17-8-3-4-14(12-17)5-9-16-10-6-15-7-11-16/h4,13,15H,3,5-12H2,1-2H3. The van der Waals surface area contributed by atoms with E-state index in [1.165, 1.54) is 45.6 Å². The van der Waals surface area contributed by atoms with Crippen LogP contribution in [0.4, 0.5) is 0 Å². The molecule has 0 unspecified atom stereocenters. The van der Waals surface area contributed by atoms with Crippen molar-refractivity contribution >= 4 is 0 Å². The summed E-state index contributed by atoms with van der Waals surface area (Å²) in [5.74, 6) is 0. The van der Waals surface area contributed by atoms with Crippen LogP contribution in [0.1, 0.15) is 26.7 Å². The van der Waals surface area contributed by atoms with Gasteiger partial charge in [0.05, 0.1) is 0 Å². The molecule has 0 aliphatic carbocycles. The molecule has 17 heavy (non-hydrogen) atoms. The van der Waals surface area contributed by atoms with Gasteiger partial charge >= 0.3 is 0 Å². The highest BCUT2D eigenvalue weighted by atomic mass is 15.2. The van der Waals surface area contributed by atoms with Crippen molar-refractivity contribution in [2.75, 3.05) is 45.8 Å². The third kappa shape index (κ3) is 4.09. The molecule has 0 saturated carbocycles. The van der Waals surface area contributed by atoms with Crippen molar-refractivity contribution in [2.24, 2.45) is 0 Å². The highest BCUT2D eigenvalue weighted by Gasteiger charge is 2.16. The third-order valence-corrected chi connectivity index (χ3v) is 3.94. The number of rotatable bonds is 4. The molecule has 0 aromatic carbocycles. The van der Waals surface area contributed by atoms with E-state index in [0.717, 1.165) is 13.1 Å². The largest absolute Gasteiger partial charge is 0.314 e. The highest BCUT2D eigenvalue weighted by molar-refractivity contribution is 5.09. The molecule has 1 saturated heterocycles. The lowest BCUT2D eigenvalue weighted by Gasteiger charge is -2.32. The molecule has 98 valence electrons. The van der Waals surface area contributed by atoms with Crippen LogP contribution in [-0.4, -0.2) is 61.7 Å². The Bertz CT molecular complexity index is 254. The van der Waals surface area contributed by atoms with E-state index in [4.69, 9.17) is 0 Å².